The number of hydrogen-bond donors (Lipinski definition) is 0. The Labute approximate surface area is 153 Å². The molecule has 2 aromatic rings. The summed E-state index contributed by atoms with van der Waals surface area (Å²) in [7, 11) is 1.59. The fourth-order valence-corrected chi connectivity index (χ4v) is 2.87. The van der Waals surface area contributed by atoms with E-state index in [-0.39, 0.29) is 12.5 Å². The molecule has 5 nitrogen and oxygen atoms in total. The van der Waals surface area contributed by atoms with Crippen molar-refractivity contribution in [1.82, 2.24) is 4.90 Å². The predicted molar refractivity (Wildman–Crippen MR) is 101 cm³/mol. The summed E-state index contributed by atoms with van der Waals surface area (Å²) >= 11 is 0. The van der Waals surface area contributed by atoms with Gasteiger partial charge in [0.05, 0.1) is 13.7 Å². The van der Waals surface area contributed by atoms with Crippen LogP contribution < -0.4 is 14.2 Å². The molecule has 0 N–H and O–H groups in total. The topological polar surface area (TPSA) is 48.0 Å². The molecule has 2 aromatic carbocycles. The van der Waals surface area contributed by atoms with Crippen molar-refractivity contribution in [3.8, 4) is 17.2 Å². The summed E-state index contributed by atoms with van der Waals surface area (Å²) in [5.74, 6) is 1.92. The van der Waals surface area contributed by atoms with Crippen LogP contribution in [0.2, 0.25) is 0 Å². The number of ether oxygens (including phenoxy) is 3. The van der Waals surface area contributed by atoms with Crippen LogP contribution in [0.25, 0.3) is 6.08 Å². The van der Waals surface area contributed by atoms with E-state index < -0.39 is 0 Å². The molecular formula is C21H23NO4. The van der Waals surface area contributed by atoms with Crippen LogP contribution in [-0.2, 0) is 11.3 Å². The number of carbonyl (C=O) groups is 1. The summed E-state index contributed by atoms with van der Waals surface area (Å²) in [6.45, 7) is 3.45. The van der Waals surface area contributed by atoms with Gasteiger partial charge >= 0.3 is 0 Å². The average molecular weight is 353 g/mol. The van der Waals surface area contributed by atoms with E-state index in [2.05, 4.69) is 0 Å². The van der Waals surface area contributed by atoms with Gasteiger partial charge in [0.1, 0.15) is 12.4 Å². The van der Waals surface area contributed by atoms with Crippen LogP contribution in [0.15, 0.2) is 48.5 Å². The van der Waals surface area contributed by atoms with Crippen molar-refractivity contribution < 1.29 is 19.0 Å². The molecule has 26 heavy (non-hydrogen) atoms. The van der Waals surface area contributed by atoms with E-state index in [1.807, 2.05) is 61.5 Å². The lowest BCUT2D eigenvalue weighted by Crippen LogP contribution is -2.36. The second-order valence-corrected chi connectivity index (χ2v) is 5.97. The van der Waals surface area contributed by atoms with Crippen molar-refractivity contribution >= 4 is 12.0 Å². The highest BCUT2D eigenvalue weighted by atomic mass is 16.5. The van der Waals surface area contributed by atoms with E-state index >= 15 is 0 Å². The highest BCUT2D eigenvalue weighted by Gasteiger charge is 2.20. The van der Waals surface area contributed by atoms with E-state index in [1.165, 1.54) is 0 Å². The van der Waals surface area contributed by atoms with E-state index in [0.717, 1.165) is 16.9 Å². The minimum absolute atomic E-state index is 0.0402. The first-order chi connectivity index (χ1) is 12.7. The first kappa shape index (κ1) is 17.9. The van der Waals surface area contributed by atoms with Gasteiger partial charge in [0.15, 0.2) is 18.1 Å². The summed E-state index contributed by atoms with van der Waals surface area (Å²) in [5, 5.41) is 0. The van der Waals surface area contributed by atoms with Gasteiger partial charge in [-0.2, -0.15) is 0 Å². The quantitative estimate of drug-likeness (QED) is 0.825. The SMILES string of the molecule is C/C=C/c1ccc(OCC(=O)N2CCOc3ccccc3C2)c(OC)c1. The van der Waals surface area contributed by atoms with Crippen molar-refractivity contribution in [1.29, 1.82) is 0 Å². The maximum Gasteiger partial charge on any atom is 0.260 e. The third kappa shape index (κ3) is 4.17. The molecular weight excluding hydrogens is 330 g/mol. The van der Waals surface area contributed by atoms with Gasteiger partial charge in [0, 0.05) is 12.1 Å². The van der Waals surface area contributed by atoms with Crippen LogP contribution in [0, 0.1) is 0 Å². The number of allylic oxidation sites excluding steroid dienone is 1. The Bertz CT molecular complexity index is 800. The van der Waals surface area contributed by atoms with Crippen LogP contribution in [0.3, 0.4) is 0 Å². The van der Waals surface area contributed by atoms with Gasteiger partial charge < -0.3 is 19.1 Å². The summed E-state index contributed by atoms with van der Waals surface area (Å²) in [6.07, 6.45) is 3.93. The van der Waals surface area contributed by atoms with Gasteiger partial charge in [0.2, 0.25) is 0 Å². The molecule has 0 radical (unpaired) electrons. The number of benzene rings is 2. The van der Waals surface area contributed by atoms with Crippen LogP contribution in [0.1, 0.15) is 18.1 Å². The third-order valence-corrected chi connectivity index (χ3v) is 4.20. The molecule has 136 valence electrons. The van der Waals surface area contributed by atoms with Crippen LogP contribution in [0.4, 0.5) is 0 Å². The Morgan fingerprint density at radius 3 is 2.88 bits per heavy atom. The highest BCUT2D eigenvalue weighted by molar-refractivity contribution is 5.78. The van der Waals surface area contributed by atoms with Crippen molar-refractivity contribution in [3.05, 3.63) is 59.7 Å². The Kier molecular flexibility index (Phi) is 5.79. The standard InChI is InChI=1S/C21H23NO4/c1-3-6-16-9-10-19(20(13-16)24-2)26-15-21(23)22-11-12-25-18-8-5-4-7-17(18)14-22/h3-10,13H,11-12,14-15H2,1-2H3/b6-3+. The van der Waals surface area contributed by atoms with Gasteiger partial charge in [-0.05, 0) is 30.7 Å². The third-order valence-electron chi connectivity index (χ3n) is 4.20. The second kappa shape index (κ2) is 8.43. The number of methoxy groups -OCH3 is 1. The predicted octanol–water partition coefficient (Wildman–Crippen LogP) is 3.53. The number of carbonyl (C=O) groups excluding carboxylic acids is 1. The molecule has 0 atom stereocenters. The molecule has 0 bridgehead atoms. The van der Waals surface area contributed by atoms with E-state index in [0.29, 0.717) is 31.2 Å². The van der Waals surface area contributed by atoms with Crippen molar-refractivity contribution in [2.75, 3.05) is 26.9 Å². The van der Waals surface area contributed by atoms with Gasteiger partial charge in [0.25, 0.3) is 5.91 Å². The fraction of sp³-hybridized carbons (Fsp3) is 0.286. The molecule has 0 aromatic heterocycles. The van der Waals surface area contributed by atoms with E-state index in [1.54, 1.807) is 12.0 Å². The minimum atomic E-state index is -0.0788. The van der Waals surface area contributed by atoms with Crippen molar-refractivity contribution in [3.63, 3.8) is 0 Å². The lowest BCUT2D eigenvalue weighted by molar-refractivity contribution is -0.134. The molecule has 1 amide bonds. The van der Waals surface area contributed by atoms with Gasteiger partial charge in [-0.1, -0.05) is 36.4 Å². The molecule has 5 heteroatoms. The Hall–Kier alpha value is -2.95. The summed E-state index contributed by atoms with van der Waals surface area (Å²) in [4.78, 5) is 14.4. The molecule has 0 unspecified atom stereocenters. The molecule has 1 heterocycles. The number of rotatable bonds is 5. The first-order valence-electron chi connectivity index (χ1n) is 8.63. The van der Waals surface area contributed by atoms with Gasteiger partial charge in [-0.15, -0.1) is 0 Å². The summed E-state index contributed by atoms with van der Waals surface area (Å²) in [6, 6.07) is 13.4. The minimum Gasteiger partial charge on any atom is -0.493 e. The van der Waals surface area contributed by atoms with E-state index in [9.17, 15) is 4.79 Å². The first-order valence-corrected chi connectivity index (χ1v) is 8.63. The molecule has 0 saturated carbocycles. The van der Waals surface area contributed by atoms with Crippen molar-refractivity contribution in [2.45, 2.75) is 13.5 Å². The normalized spacial score (nSPS) is 13.7. The molecule has 3 rings (SSSR count). The summed E-state index contributed by atoms with van der Waals surface area (Å²) < 4.78 is 16.8. The Morgan fingerprint density at radius 2 is 2.08 bits per heavy atom. The maximum absolute atomic E-state index is 12.6. The largest absolute Gasteiger partial charge is 0.493 e. The summed E-state index contributed by atoms with van der Waals surface area (Å²) in [5.41, 5.74) is 2.02. The zero-order valence-corrected chi connectivity index (χ0v) is 15.1. The molecule has 0 aliphatic carbocycles. The highest BCUT2D eigenvalue weighted by Crippen LogP contribution is 2.29. The van der Waals surface area contributed by atoms with Gasteiger partial charge in [-0.25, -0.2) is 0 Å². The average Bonchev–Trinajstić information content (AvgIpc) is 2.89. The Balaban J connectivity index is 1.65. The second-order valence-electron chi connectivity index (χ2n) is 5.97. The maximum atomic E-state index is 12.6. The number of amides is 1. The lowest BCUT2D eigenvalue weighted by atomic mass is 10.2. The number of fused-ring (bicyclic) bond motifs is 1. The van der Waals surface area contributed by atoms with Crippen molar-refractivity contribution in [2.24, 2.45) is 0 Å². The van der Waals surface area contributed by atoms with Crippen LogP contribution in [0.5, 0.6) is 17.2 Å². The van der Waals surface area contributed by atoms with Gasteiger partial charge in [-0.3, -0.25) is 4.79 Å². The number of nitrogens with zero attached hydrogens (tertiary/aromatic N) is 1. The molecule has 1 aliphatic heterocycles. The lowest BCUT2D eigenvalue weighted by Gasteiger charge is -2.20. The Morgan fingerprint density at radius 1 is 1.23 bits per heavy atom. The molecule has 0 fully saturated rings. The van der Waals surface area contributed by atoms with Crippen LogP contribution in [-0.4, -0.2) is 37.7 Å². The monoisotopic (exact) mass is 353 g/mol. The van der Waals surface area contributed by atoms with E-state index in [4.69, 9.17) is 14.2 Å². The number of para-hydroxylation sites is 1. The number of hydrogen-bond acceptors (Lipinski definition) is 4. The molecule has 0 spiro atoms. The molecule has 0 saturated heterocycles. The zero-order valence-electron chi connectivity index (χ0n) is 15.1. The smallest absolute Gasteiger partial charge is 0.260 e. The van der Waals surface area contributed by atoms with Crippen LogP contribution >= 0.6 is 0 Å². The molecule has 1 aliphatic rings. The zero-order chi connectivity index (χ0) is 18.4. The fourth-order valence-electron chi connectivity index (χ4n) is 2.87.